The highest BCUT2D eigenvalue weighted by Crippen LogP contribution is 2.28. The van der Waals surface area contributed by atoms with Crippen molar-refractivity contribution in [2.24, 2.45) is 5.92 Å². The second-order valence-electron chi connectivity index (χ2n) is 3.50. The fourth-order valence-corrected chi connectivity index (χ4v) is 1.20. The lowest BCUT2D eigenvalue weighted by molar-refractivity contribution is -0.384. The predicted molar refractivity (Wildman–Crippen MR) is 63.3 cm³/mol. The lowest BCUT2D eigenvalue weighted by Gasteiger charge is -2.10. The number of carbonyl (C=O) groups is 1. The Morgan fingerprint density at radius 2 is 2.29 bits per heavy atom. The summed E-state index contributed by atoms with van der Waals surface area (Å²) >= 11 is 5.50. The molecule has 1 aromatic rings. The van der Waals surface area contributed by atoms with Gasteiger partial charge in [-0.05, 0) is 6.07 Å². The number of hydrogen-bond donors (Lipinski definition) is 2. The van der Waals surface area contributed by atoms with Crippen LogP contribution < -0.4 is 5.32 Å². The number of nitrogens with zero attached hydrogens (tertiary/aromatic N) is 1. The maximum atomic E-state index is 11.5. The number of phenolic OH excluding ortho intramolecular Hbond substituents is 1. The zero-order valence-electron chi connectivity index (χ0n) is 9.01. The lowest BCUT2D eigenvalue weighted by atomic mass is 10.2. The fourth-order valence-electron chi connectivity index (χ4n) is 1.06. The van der Waals surface area contributed by atoms with Gasteiger partial charge in [0.1, 0.15) is 5.75 Å². The third-order valence-electron chi connectivity index (χ3n) is 2.13. The van der Waals surface area contributed by atoms with E-state index in [1.54, 1.807) is 6.92 Å². The summed E-state index contributed by atoms with van der Waals surface area (Å²) < 4.78 is 0. The highest BCUT2D eigenvalue weighted by atomic mass is 35.5. The largest absolute Gasteiger partial charge is 0.506 e. The SMILES string of the molecule is CC(CCl)C(=O)Nc1cc([N+](=O)[O-])ccc1O. The number of halogens is 1. The van der Waals surface area contributed by atoms with Crippen LogP contribution in [0.1, 0.15) is 6.92 Å². The van der Waals surface area contributed by atoms with Gasteiger partial charge in [-0.25, -0.2) is 0 Å². The quantitative estimate of drug-likeness (QED) is 0.374. The zero-order chi connectivity index (χ0) is 13.0. The molecule has 0 aliphatic rings. The van der Waals surface area contributed by atoms with E-state index in [4.69, 9.17) is 11.6 Å². The molecule has 0 saturated carbocycles. The standard InChI is InChI=1S/C10H11ClN2O4/c1-6(5-11)10(15)12-8-4-7(13(16)17)2-3-9(8)14/h2-4,6,14H,5H2,1H3,(H,12,15). The van der Waals surface area contributed by atoms with Crippen LogP contribution in [-0.4, -0.2) is 21.8 Å². The summed E-state index contributed by atoms with van der Waals surface area (Å²) in [7, 11) is 0. The summed E-state index contributed by atoms with van der Waals surface area (Å²) in [6.45, 7) is 1.61. The van der Waals surface area contributed by atoms with Crippen LogP contribution in [0.25, 0.3) is 0 Å². The van der Waals surface area contributed by atoms with E-state index in [0.717, 1.165) is 18.2 Å². The summed E-state index contributed by atoms with van der Waals surface area (Å²) in [4.78, 5) is 21.4. The number of benzene rings is 1. The van der Waals surface area contributed by atoms with Crippen molar-refractivity contribution in [1.29, 1.82) is 0 Å². The Morgan fingerprint density at radius 1 is 1.65 bits per heavy atom. The molecule has 1 amide bonds. The molecule has 1 rings (SSSR count). The van der Waals surface area contributed by atoms with Gasteiger partial charge in [0.2, 0.25) is 5.91 Å². The Bertz CT molecular complexity index is 450. The predicted octanol–water partition coefficient (Wildman–Crippen LogP) is 2.11. The molecular weight excluding hydrogens is 248 g/mol. The number of phenols is 1. The zero-order valence-corrected chi connectivity index (χ0v) is 9.77. The van der Waals surface area contributed by atoms with Gasteiger partial charge in [0.25, 0.3) is 5.69 Å². The fraction of sp³-hybridized carbons (Fsp3) is 0.300. The molecule has 1 atom stereocenters. The molecule has 0 heterocycles. The van der Waals surface area contributed by atoms with E-state index in [-0.39, 0.29) is 23.0 Å². The second kappa shape index (κ2) is 5.49. The Morgan fingerprint density at radius 3 is 2.82 bits per heavy atom. The van der Waals surface area contributed by atoms with Crippen LogP contribution >= 0.6 is 11.6 Å². The summed E-state index contributed by atoms with van der Waals surface area (Å²) in [6.07, 6.45) is 0. The molecule has 0 fully saturated rings. The topological polar surface area (TPSA) is 92.5 Å². The van der Waals surface area contributed by atoms with Gasteiger partial charge in [0.05, 0.1) is 10.6 Å². The van der Waals surface area contributed by atoms with Crippen LogP contribution in [0.5, 0.6) is 5.75 Å². The molecule has 2 N–H and O–H groups in total. The number of hydrogen-bond acceptors (Lipinski definition) is 4. The molecule has 0 aliphatic heterocycles. The van der Waals surface area contributed by atoms with Gasteiger partial charge >= 0.3 is 0 Å². The van der Waals surface area contributed by atoms with E-state index in [0.29, 0.717) is 0 Å². The third kappa shape index (κ3) is 3.32. The minimum absolute atomic E-state index is 0.00108. The first kappa shape index (κ1) is 13.2. The van der Waals surface area contributed by atoms with Crippen molar-refractivity contribution < 1.29 is 14.8 Å². The van der Waals surface area contributed by atoms with Crippen LogP contribution in [0, 0.1) is 16.0 Å². The normalized spacial score (nSPS) is 11.9. The minimum Gasteiger partial charge on any atom is -0.506 e. The average Bonchev–Trinajstić information content (AvgIpc) is 2.30. The van der Waals surface area contributed by atoms with Crippen molar-refractivity contribution >= 4 is 28.9 Å². The average molecular weight is 259 g/mol. The molecule has 1 aromatic carbocycles. The molecule has 92 valence electrons. The Balaban J connectivity index is 2.94. The van der Waals surface area contributed by atoms with E-state index >= 15 is 0 Å². The molecule has 0 spiro atoms. The molecule has 1 unspecified atom stereocenters. The van der Waals surface area contributed by atoms with E-state index < -0.39 is 16.7 Å². The molecule has 0 bridgehead atoms. The molecular formula is C10H11ClN2O4. The van der Waals surface area contributed by atoms with Gasteiger partial charge in [-0.3, -0.25) is 14.9 Å². The maximum Gasteiger partial charge on any atom is 0.271 e. The number of anilines is 1. The van der Waals surface area contributed by atoms with Crippen LogP contribution in [0.15, 0.2) is 18.2 Å². The monoisotopic (exact) mass is 258 g/mol. The first-order chi connectivity index (χ1) is 7.95. The number of nitro benzene ring substituents is 1. The maximum absolute atomic E-state index is 11.5. The number of amides is 1. The van der Waals surface area contributed by atoms with Crippen molar-refractivity contribution in [3.8, 4) is 5.75 Å². The number of aromatic hydroxyl groups is 1. The van der Waals surface area contributed by atoms with Crippen molar-refractivity contribution in [2.45, 2.75) is 6.92 Å². The number of rotatable bonds is 4. The molecule has 0 saturated heterocycles. The van der Waals surface area contributed by atoms with Gasteiger partial charge in [-0.1, -0.05) is 6.92 Å². The molecule has 0 radical (unpaired) electrons. The number of nitrogens with one attached hydrogen (secondary N) is 1. The van der Waals surface area contributed by atoms with Gasteiger partial charge in [0.15, 0.2) is 0 Å². The molecule has 7 heteroatoms. The number of alkyl halides is 1. The highest BCUT2D eigenvalue weighted by molar-refractivity contribution is 6.19. The number of carbonyl (C=O) groups excluding carboxylic acids is 1. The molecule has 17 heavy (non-hydrogen) atoms. The Labute approximate surface area is 102 Å². The van der Waals surface area contributed by atoms with E-state index in [1.165, 1.54) is 0 Å². The van der Waals surface area contributed by atoms with Crippen molar-refractivity contribution in [3.63, 3.8) is 0 Å². The Kier molecular flexibility index (Phi) is 4.28. The van der Waals surface area contributed by atoms with Gasteiger partial charge in [-0.2, -0.15) is 0 Å². The summed E-state index contributed by atoms with van der Waals surface area (Å²) in [5.74, 6) is -0.960. The van der Waals surface area contributed by atoms with Crippen molar-refractivity contribution in [1.82, 2.24) is 0 Å². The van der Waals surface area contributed by atoms with E-state index in [1.807, 2.05) is 0 Å². The lowest BCUT2D eigenvalue weighted by Crippen LogP contribution is -2.21. The van der Waals surface area contributed by atoms with Crippen LogP contribution in [0.4, 0.5) is 11.4 Å². The van der Waals surface area contributed by atoms with E-state index in [9.17, 15) is 20.0 Å². The van der Waals surface area contributed by atoms with Gasteiger partial charge < -0.3 is 10.4 Å². The van der Waals surface area contributed by atoms with Gasteiger partial charge in [0, 0.05) is 23.9 Å². The van der Waals surface area contributed by atoms with Gasteiger partial charge in [-0.15, -0.1) is 11.6 Å². The second-order valence-corrected chi connectivity index (χ2v) is 3.81. The van der Waals surface area contributed by atoms with Crippen molar-refractivity contribution in [2.75, 3.05) is 11.2 Å². The molecule has 6 nitrogen and oxygen atoms in total. The van der Waals surface area contributed by atoms with Crippen molar-refractivity contribution in [3.05, 3.63) is 28.3 Å². The Hall–Kier alpha value is -1.82. The number of nitro groups is 1. The molecule has 0 aromatic heterocycles. The third-order valence-corrected chi connectivity index (χ3v) is 2.59. The summed E-state index contributed by atoms with van der Waals surface area (Å²) in [5.41, 5.74) is -0.210. The van der Waals surface area contributed by atoms with Crippen LogP contribution in [0.2, 0.25) is 0 Å². The molecule has 0 aliphatic carbocycles. The van der Waals surface area contributed by atoms with Crippen LogP contribution in [-0.2, 0) is 4.79 Å². The first-order valence-corrected chi connectivity index (χ1v) is 5.33. The van der Waals surface area contributed by atoms with E-state index in [2.05, 4.69) is 5.32 Å². The summed E-state index contributed by atoms with van der Waals surface area (Å²) in [6, 6.07) is 3.39. The number of non-ortho nitro benzene ring substituents is 1. The minimum atomic E-state index is -0.611. The highest BCUT2D eigenvalue weighted by Gasteiger charge is 2.16. The smallest absolute Gasteiger partial charge is 0.271 e. The summed E-state index contributed by atoms with van der Waals surface area (Å²) in [5, 5.41) is 22.4. The van der Waals surface area contributed by atoms with Crippen LogP contribution in [0.3, 0.4) is 0 Å². The first-order valence-electron chi connectivity index (χ1n) is 4.80.